The predicted molar refractivity (Wildman–Crippen MR) is 55.2 cm³/mol. The summed E-state index contributed by atoms with van der Waals surface area (Å²) in [5.41, 5.74) is 0.574. The second kappa shape index (κ2) is 4.87. The van der Waals surface area contributed by atoms with Gasteiger partial charge < -0.3 is 0 Å². The van der Waals surface area contributed by atoms with E-state index in [1.165, 1.54) is 0 Å². The van der Waals surface area contributed by atoms with Gasteiger partial charge in [-0.15, -0.1) is 0 Å². The third kappa shape index (κ3) is 2.91. The van der Waals surface area contributed by atoms with Gasteiger partial charge in [-0.2, -0.15) is 0 Å². The molecule has 0 aliphatic carbocycles. The molecule has 0 radical (unpaired) electrons. The Kier molecular flexibility index (Phi) is 4.92. The fourth-order valence-electron chi connectivity index (χ4n) is 1.17. The van der Waals surface area contributed by atoms with E-state index in [-0.39, 0.29) is 0 Å². The van der Waals surface area contributed by atoms with Gasteiger partial charge in [0.15, 0.2) is 0 Å². The van der Waals surface area contributed by atoms with E-state index in [1.807, 2.05) is 0 Å². The van der Waals surface area contributed by atoms with Crippen molar-refractivity contribution in [2.24, 2.45) is 0 Å². The summed E-state index contributed by atoms with van der Waals surface area (Å²) in [6.07, 6.45) is 4.05. The van der Waals surface area contributed by atoms with Crippen molar-refractivity contribution in [1.29, 1.82) is 0 Å². The minimum absolute atomic E-state index is 0.574. The molecule has 0 fully saturated rings. The van der Waals surface area contributed by atoms with Crippen LogP contribution in [-0.2, 0) is 4.79 Å². The van der Waals surface area contributed by atoms with Crippen molar-refractivity contribution in [2.45, 2.75) is 33.6 Å². The van der Waals surface area contributed by atoms with Crippen LogP contribution in [-0.4, -0.2) is 24.5 Å². The summed E-state index contributed by atoms with van der Waals surface area (Å²) in [7, 11) is -1.46. The van der Waals surface area contributed by atoms with Crippen molar-refractivity contribution in [3.63, 3.8) is 0 Å². The molecule has 0 aromatic heterocycles. The Morgan fingerprint density at radius 2 is 1.64 bits per heavy atom. The van der Waals surface area contributed by atoms with Gasteiger partial charge in [-0.3, -0.25) is 0 Å². The average molecular weight is 176 g/mol. The van der Waals surface area contributed by atoms with E-state index in [0.717, 1.165) is 25.2 Å². The zero-order valence-corrected chi connectivity index (χ0v) is 9.24. The van der Waals surface area contributed by atoms with Crippen molar-refractivity contribution in [1.82, 2.24) is 0 Å². The maximum absolute atomic E-state index is 11.6. The molecule has 0 saturated carbocycles. The molecule has 0 saturated heterocycles. The summed E-state index contributed by atoms with van der Waals surface area (Å²) >= 11 is 0. The quantitative estimate of drug-likeness (QED) is 0.589. The first-order valence-electron chi connectivity index (χ1n) is 4.64. The Bertz CT molecular complexity index is 128. The zero-order valence-electron chi connectivity index (χ0n) is 8.24. The number of hydrogen-bond acceptors (Lipinski definition) is 1. The molecule has 0 atom stereocenters. The third-order valence-electron chi connectivity index (χ3n) is 2.71. The van der Waals surface area contributed by atoms with Crippen LogP contribution in [0.2, 0.25) is 0 Å². The Balaban J connectivity index is 4.12. The molecule has 0 aromatic carbocycles. The van der Waals surface area contributed by atoms with Crippen LogP contribution in [0.1, 0.15) is 33.6 Å². The van der Waals surface area contributed by atoms with Gasteiger partial charge in [-0.05, 0) is 0 Å². The number of carbonyl (C=O) groups excluding carboxylic acids is 1. The Labute approximate surface area is 70.9 Å². The van der Waals surface area contributed by atoms with Gasteiger partial charge >= 0.3 is 70.2 Å². The summed E-state index contributed by atoms with van der Waals surface area (Å²) in [6.45, 7) is 8.61. The molecule has 0 bridgehead atoms. The molecule has 2 heteroatoms. The second-order valence-electron chi connectivity index (χ2n) is 3.44. The van der Waals surface area contributed by atoms with E-state index in [2.05, 4.69) is 27.4 Å². The fraction of sp³-hybridized carbons (Fsp3) is 0.889. The van der Waals surface area contributed by atoms with E-state index >= 15 is 0 Å². The standard InChI is InChI=1S/C9H21OP/c1-5-8-9(10)11(4,6-2)7-3/h11H,5-8H2,1-4H3. The van der Waals surface area contributed by atoms with Crippen LogP contribution in [0.4, 0.5) is 0 Å². The monoisotopic (exact) mass is 176 g/mol. The van der Waals surface area contributed by atoms with Gasteiger partial charge in [-0.25, -0.2) is 0 Å². The SMILES string of the molecule is CCCC(=O)[PH](C)(CC)CC. The Morgan fingerprint density at radius 3 is 1.91 bits per heavy atom. The summed E-state index contributed by atoms with van der Waals surface area (Å²) < 4.78 is 0. The molecule has 0 aliphatic heterocycles. The molecule has 0 unspecified atom stereocenters. The van der Waals surface area contributed by atoms with Crippen molar-refractivity contribution in [2.75, 3.05) is 19.0 Å². The molecule has 0 rings (SSSR count). The van der Waals surface area contributed by atoms with Gasteiger partial charge in [0.2, 0.25) is 0 Å². The van der Waals surface area contributed by atoms with Crippen LogP contribution in [0.25, 0.3) is 0 Å². The van der Waals surface area contributed by atoms with E-state index < -0.39 is 7.26 Å². The molecule has 0 amide bonds. The van der Waals surface area contributed by atoms with Crippen LogP contribution in [0, 0.1) is 0 Å². The summed E-state index contributed by atoms with van der Waals surface area (Å²) in [4.78, 5) is 11.6. The number of rotatable bonds is 5. The topological polar surface area (TPSA) is 17.1 Å². The molecule has 68 valence electrons. The molecule has 11 heavy (non-hydrogen) atoms. The average Bonchev–Trinajstić information content (AvgIpc) is 2.03. The number of carbonyl (C=O) groups is 1. The predicted octanol–water partition coefficient (Wildman–Crippen LogP) is 2.73. The normalized spacial score (nSPS) is 13.1. The van der Waals surface area contributed by atoms with Gasteiger partial charge in [-0.1, -0.05) is 0 Å². The molecule has 0 spiro atoms. The molecule has 0 N–H and O–H groups in total. The van der Waals surface area contributed by atoms with E-state index in [9.17, 15) is 4.79 Å². The van der Waals surface area contributed by atoms with Crippen molar-refractivity contribution in [3.8, 4) is 0 Å². The van der Waals surface area contributed by atoms with Gasteiger partial charge in [0, 0.05) is 0 Å². The van der Waals surface area contributed by atoms with Crippen molar-refractivity contribution in [3.05, 3.63) is 0 Å². The van der Waals surface area contributed by atoms with Gasteiger partial charge in [0.1, 0.15) is 0 Å². The summed E-state index contributed by atoms with van der Waals surface area (Å²) in [5.74, 6) is 0. The van der Waals surface area contributed by atoms with E-state index in [0.29, 0.717) is 5.52 Å². The van der Waals surface area contributed by atoms with Crippen LogP contribution in [0.3, 0.4) is 0 Å². The second-order valence-corrected chi connectivity index (χ2v) is 8.53. The first kappa shape index (κ1) is 11.1. The molecular formula is C9H21OP. The molecule has 1 nitrogen and oxygen atoms in total. The first-order chi connectivity index (χ1) is 5.10. The maximum atomic E-state index is 11.6. The number of hydrogen-bond donors (Lipinski definition) is 0. The Hall–Kier alpha value is 0.100. The molecule has 0 aliphatic rings. The van der Waals surface area contributed by atoms with E-state index in [1.54, 1.807) is 0 Å². The summed E-state index contributed by atoms with van der Waals surface area (Å²) in [5, 5.41) is 0. The molecule has 0 aromatic rings. The Morgan fingerprint density at radius 1 is 1.18 bits per heavy atom. The fourth-order valence-corrected chi connectivity index (χ4v) is 3.32. The van der Waals surface area contributed by atoms with E-state index in [4.69, 9.17) is 0 Å². The van der Waals surface area contributed by atoms with Gasteiger partial charge in [0.25, 0.3) is 0 Å². The molecule has 0 heterocycles. The third-order valence-corrected chi connectivity index (χ3v) is 7.43. The minimum atomic E-state index is -1.46. The van der Waals surface area contributed by atoms with Crippen molar-refractivity contribution < 1.29 is 4.79 Å². The first-order valence-corrected chi connectivity index (χ1v) is 7.55. The van der Waals surface area contributed by atoms with Crippen LogP contribution >= 0.6 is 7.26 Å². The summed E-state index contributed by atoms with van der Waals surface area (Å²) in [6, 6.07) is 0. The van der Waals surface area contributed by atoms with Gasteiger partial charge in [0.05, 0.1) is 0 Å². The van der Waals surface area contributed by atoms with Crippen LogP contribution in [0.5, 0.6) is 0 Å². The van der Waals surface area contributed by atoms with Crippen LogP contribution in [0.15, 0.2) is 0 Å². The molecular weight excluding hydrogens is 155 g/mol. The zero-order chi connectivity index (χ0) is 8.91. The van der Waals surface area contributed by atoms with Crippen LogP contribution < -0.4 is 0 Å². The van der Waals surface area contributed by atoms with Crippen molar-refractivity contribution >= 4 is 12.8 Å².